The highest BCUT2D eigenvalue weighted by atomic mass is 16.5. The summed E-state index contributed by atoms with van der Waals surface area (Å²) in [5.41, 5.74) is -0.134. The molecular formula is C21H31NO4. The Morgan fingerprint density at radius 2 is 1.85 bits per heavy atom. The summed E-state index contributed by atoms with van der Waals surface area (Å²) in [5, 5.41) is 2.58. The molecule has 0 aromatic carbocycles. The van der Waals surface area contributed by atoms with Gasteiger partial charge in [0.2, 0.25) is 11.8 Å². The van der Waals surface area contributed by atoms with Gasteiger partial charge < -0.3 is 4.74 Å². The van der Waals surface area contributed by atoms with Crippen LogP contribution in [0.3, 0.4) is 0 Å². The van der Waals surface area contributed by atoms with Crippen LogP contribution in [0.4, 0.5) is 0 Å². The van der Waals surface area contributed by atoms with Crippen LogP contribution in [0.25, 0.3) is 0 Å². The second-order valence-electron chi connectivity index (χ2n) is 9.70. The normalized spacial score (nSPS) is 47.9. The molecule has 1 heterocycles. The summed E-state index contributed by atoms with van der Waals surface area (Å²) < 4.78 is 5.51. The largest absolute Gasteiger partial charge is 0.463 e. The molecule has 1 N–H and O–H groups in total. The highest BCUT2D eigenvalue weighted by Gasteiger charge is 2.60. The van der Waals surface area contributed by atoms with E-state index in [0.717, 1.165) is 44.9 Å². The summed E-state index contributed by atoms with van der Waals surface area (Å²) in [4.78, 5) is 36.0. The topological polar surface area (TPSA) is 72.5 Å². The fourth-order valence-electron chi connectivity index (χ4n) is 7.06. The van der Waals surface area contributed by atoms with E-state index in [0.29, 0.717) is 24.2 Å². The first-order chi connectivity index (χ1) is 12.2. The lowest BCUT2D eigenvalue weighted by Gasteiger charge is -2.61. The van der Waals surface area contributed by atoms with E-state index in [1.54, 1.807) is 0 Å². The minimum absolute atomic E-state index is 0.0527. The molecule has 1 saturated heterocycles. The van der Waals surface area contributed by atoms with Crippen molar-refractivity contribution in [2.75, 3.05) is 0 Å². The number of nitrogens with one attached hydrogen (secondary N) is 1. The highest BCUT2D eigenvalue weighted by molar-refractivity contribution is 6.01. The molecule has 0 bridgehead atoms. The maximum Gasteiger partial charge on any atom is 0.302 e. The lowest BCUT2D eigenvalue weighted by Crippen LogP contribution is -2.61. The van der Waals surface area contributed by atoms with E-state index < -0.39 is 0 Å². The molecule has 0 radical (unpaired) electrons. The molecule has 0 aromatic rings. The quantitative estimate of drug-likeness (QED) is 0.575. The molecule has 4 fully saturated rings. The van der Waals surface area contributed by atoms with E-state index in [2.05, 4.69) is 19.2 Å². The Morgan fingerprint density at radius 1 is 1.08 bits per heavy atom. The Bertz CT molecular complexity index is 646. The van der Waals surface area contributed by atoms with Crippen molar-refractivity contribution >= 4 is 17.8 Å². The van der Waals surface area contributed by atoms with Crippen molar-refractivity contribution in [3.63, 3.8) is 0 Å². The lowest BCUT2D eigenvalue weighted by molar-refractivity contribution is -0.170. The maximum absolute atomic E-state index is 12.6. The molecule has 3 saturated carbocycles. The number of fused-ring (bicyclic) bond motifs is 5. The van der Waals surface area contributed by atoms with Crippen molar-refractivity contribution in [1.29, 1.82) is 0 Å². The van der Waals surface area contributed by atoms with Crippen molar-refractivity contribution < 1.29 is 19.1 Å². The summed E-state index contributed by atoms with van der Waals surface area (Å²) >= 11 is 0. The number of esters is 1. The molecule has 0 aromatic heterocycles. The van der Waals surface area contributed by atoms with E-state index in [4.69, 9.17) is 4.74 Å². The van der Waals surface area contributed by atoms with Gasteiger partial charge in [0.25, 0.3) is 0 Å². The second-order valence-corrected chi connectivity index (χ2v) is 9.70. The number of carbonyl (C=O) groups is 3. The molecule has 0 spiro atoms. The molecule has 4 aliphatic rings. The average molecular weight is 361 g/mol. The maximum atomic E-state index is 12.6. The van der Waals surface area contributed by atoms with Crippen molar-refractivity contribution in [3.8, 4) is 0 Å². The Labute approximate surface area is 155 Å². The van der Waals surface area contributed by atoms with Crippen LogP contribution in [-0.2, 0) is 19.1 Å². The van der Waals surface area contributed by atoms with E-state index >= 15 is 0 Å². The fourth-order valence-corrected chi connectivity index (χ4v) is 7.06. The minimum atomic E-state index is -0.382. The fraction of sp³-hybridized carbons (Fsp3) is 0.857. The SMILES string of the molecule is CC(=O)O[C@@H]1CC[C@@]2(C)[C@@H](CC[C@H]3[C@H]2CC[C@]2(C)C(=O)NC(=O)C[C@H]32)C1. The van der Waals surface area contributed by atoms with E-state index in [1.807, 2.05) is 0 Å². The van der Waals surface area contributed by atoms with Gasteiger partial charge in [-0.25, -0.2) is 0 Å². The number of amides is 2. The highest BCUT2D eigenvalue weighted by Crippen LogP contribution is 2.64. The zero-order valence-corrected chi connectivity index (χ0v) is 16.2. The van der Waals surface area contributed by atoms with Gasteiger partial charge in [0.05, 0.1) is 5.41 Å². The van der Waals surface area contributed by atoms with Crippen LogP contribution in [-0.4, -0.2) is 23.9 Å². The zero-order valence-electron chi connectivity index (χ0n) is 16.2. The van der Waals surface area contributed by atoms with Gasteiger partial charge in [-0.15, -0.1) is 0 Å². The predicted molar refractivity (Wildman–Crippen MR) is 95.8 cm³/mol. The first kappa shape index (κ1) is 18.0. The Kier molecular flexibility index (Phi) is 4.20. The van der Waals surface area contributed by atoms with Crippen molar-refractivity contribution in [2.45, 2.75) is 78.2 Å². The molecule has 3 aliphatic carbocycles. The monoisotopic (exact) mass is 361 g/mol. The smallest absolute Gasteiger partial charge is 0.302 e. The minimum Gasteiger partial charge on any atom is -0.463 e. The van der Waals surface area contributed by atoms with E-state index in [1.165, 1.54) is 6.92 Å². The number of imide groups is 1. The molecule has 1 aliphatic heterocycles. The summed E-state index contributed by atoms with van der Waals surface area (Å²) in [6.07, 6.45) is 7.74. The van der Waals surface area contributed by atoms with Gasteiger partial charge in [0.15, 0.2) is 0 Å². The lowest BCUT2D eigenvalue weighted by atomic mass is 9.44. The first-order valence-electron chi connectivity index (χ1n) is 10.3. The van der Waals surface area contributed by atoms with Crippen LogP contribution < -0.4 is 5.32 Å². The zero-order chi connectivity index (χ0) is 18.7. The van der Waals surface area contributed by atoms with Gasteiger partial charge in [0, 0.05) is 13.3 Å². The number of carbonyl (C=O) groups excluding carboxylic acids is 3. The van der Waals surface area contributed by atoms with Crippen LogP contribution >= 0.6 is 0 Å². The Hall–Kier alpha value is -1.39. The molecule has 0 unspecified atom stereocenters. The number of rotatable bonds is 1. The third-order valence-corrected chi connectivity index (χ3v) is 8.52. The number of ether oxygens (including phenoxy) is 1. The van der Waals surface area contributed by atoms with Crippen molar-refractivity contribution in [3.05, 3.63) is 0 Å². The van der Waals surface area contributed by atoms with Crippen LogP contribution in [0.1, 0.15) is 72.1 Å². The second kappa shape index (κ2) is 6.07. The van der Waals surface area contributed by atoms with Gasteiger partial charge in [0.1, 0.15) is 6.10 Å². The number of hydrogen-bond acceptors (Lipinski definition) is 4. The summed E-state index contributed by atoms with van der Waals surface area (Å²) in [6.45, 7) is 5.99. The molecular weight excluding hydrogens is 330 g/mol. The van der Waals surface area contributed by atoms with Crippen LogP contribution in [0.5, 0.6) is 0 Å². The van der Waals surface area contributed by atoms with Gasteiger partial charge in [-0.05, 0) is 74.0 Å². The van der Waals surface area contributed by atoms with E-state index in [9.17, 15) is 14.4 Å². The predicted octanol–water partition coefficient (Wildman–Crippen LogP) is 3.21. The summed E-state index contributed by atoms with van der Waals surface area (Å²) in [5.74, 6) is 1.50. The van der Waals surface area contributed by atoms with Crippen molar-refractivity contribution in [1.82, 2.24) is 5.32 Å². The molecule has 4 rings (SSSR count). The standard InChI is InChI=1S/C21H31NO4/c1-12(23)26-14-6-8-20(2)13(10-14)4-5-15-16(20)7-9-21(3)17(15)11-18(24)22-19(21)25/h13-17H,4-11H2,1-3H3,(H,22,24,25)/t13-,14+,15-,16+,17+,20-,21-/m0/s1. The van der Waals surface area contributed by atoms with Gasteiger partial charge >= 0.3 is 5.97 Å². The average Bonchev–Trinajstić information content (AvgIpc) is 2.56. The number of piperidine rings is 1. The molecule has 2 amide bonds. The van der Waals surface area contributed by atoms with E-state index in [-0.39, 0.29) is 40.6 Å². The van der Waals surface area contributed by atoms with Crippen LogP contribution in [0.2, 0.25) is 0 Å². The summed E-state index contributed by atoms with van der Waals surface area (Å²) in [6, 6.07) is 0. The first-order valence-corrected chi connectivity index (χ1v) is 10.3. The molecule has 144 valence electrons. The number of hydrogen-bond donors (Lipinski definition) is 1. The molecule has 26 heavy (non-hydrogen) atoms. The van der Waals surface area contributed by atoms with Gasteiger partial charge in [-0.2, -0.15) is 0 Å². The molecule has 7 atom stereocenters. The molecule has 5 heteroatoms. The summed E-state index contributed by atoms with van der Waals surface area (Å²) in [7, 11) is 0. The molecule has 5 nitrogen and oxygen atoms in total. The third kappa shape index (κ3) is 2.61. The Morgan fingerprint density at radius 3 is 2.58 bits per heavy atom. The third-order valence-electron chi connectivity index (χ3n) is 8.52. The van der Waals surface area contributed by atoms with Crippen molar-refractivity contribution in [2.24, 2.45) is 34.5 Å². The van der Waals surface area contributed by atoms with Crippen LogP contribution in [0.15, 0.2) is 0 Å². The van der Waals surface area contributed by atoms with Gasteiger partial charge in [-0.1, -0.05) is 13.8 Å². The van der Waals surface area contributed by atoms with Crippen LogP contribution in [0, 0.1) is 34.5 Å². The Balaban J connectivity index is 1.57. The van der Waals surface area contributed by atoms with Gasteiger partial charge in [-0.3, -0.25) is 19.7 Å².